The third kappa shape index (κ3) is 3.37. The lowest BCUT2D eigenvalue weighted by molar-refractivity contribution is 0.394. The number of aromatic nitrogens is 3. The van der Waals surface area contributed by atoms with Gasteiger partial charge in [0.2, 0.25) is 0 Å². The van der Waals surface area contributed by atoms with Gasteiger partial charge in [-0.15, -0.1) is 5.10 Å². The Kier molecular flexibility index (Phi) is 4.99. The van der Waals surface area contributed by atoms with Gasteiger partial charge in [-0.2, -0.15) is 5.26 Å². The number of ether oxygens (including phenoxy) is 2. The van der Waals surface area contributed by atoms with E-state index in [1.807, 2.05) is 12.1 Å². The highest BCUT2D eigenvalue weighted by atomic mass is 16.5. The number of methoxy groups -OCH3 is 2. The highest BCUT2D eigenvalue weighted by molar-refractivity contribution is 5.68. The number of rotatable bonds is 6. The summed E-state index contributed by atoms with van der Waals surface area (Å²) < 4.78 is 12.4. The van der Waals surface area contributed by atoms with Gasteiger partial charge in [-0.05, 0) is 24.5 Å². The Morgan fingerprint density at radius 3 is 2.32 bits per heavy atom. The first kappa shape index (κ1) is 15.8. The van der Waals surface area contributed by atoms with Crippen LogP contribution in [0.4, 0.5) is 0 Å². The first-order valence-corrected chi connectivity index (χ1v) is 7.16. The predicted octanol–water partition coefficient (Wildman–Crippen LogP) is 2.88. The van der Waals surface area contributed by atoms with Gasteiger partial charge in [-0.3, -0.25) is 0 Å². The Bertz CT molecular complexity index is 664. The molecule has 6 heteroatoms. The summed E-state index contributed by atoms with van der Waals surface area (Å²) >= 11 is 0. The fourth-order valence-corrected chi connectivity index (χ4v) is 2.16. The zero-order valence-corrected chi connectivity index (χ0v) is 13.3. The van der Waals surface area contributed by atoms with Crippen LogP contribution < -0.4 is 9.47 Å². The van der Waals surface area contributed by atoms with E-state index in [-0.39, 0.29) is 0 Å². The van der Waals surface area contributed by atoms with Crippen LogP contribution in [0.5, 0.6) is 11.5 Å². The van der Waals surface area contributed by atoms with Gasteiger partial charge in [-0.25, -0.2) is 4.68 Å². The van der Waals surface area contributed by atoms with E-state index in [0.29, 0.717) is 35.3 Å². The molecule has 0 radical (unpaired) electrons. The molecule has 0 fully saturated rings. The van der Waals surface area contributed by atoms with Crippen molar-refractivity contribution >= 4 is 0 Å². The van der Waals surface area contributed by atoms with Crippen LogP contribution in [0.2, 0.25) is 0 Å². The van der Waals surface area contributed by atoms with Crippen molar-refractivity contribution in [2.75, 3.05) is 14.2 Å². The number of nitrogens with zero attached hydrogens (tertiary/aromatic N) is 4. The number of hydrogen-bond acceptors (Lipinski definition) is 5. The van der Waals surface area contributed by atoms with E-state index in [4.69, 9.17) is 9.47 Å². The van der Waals surface area contributed by atoms with Crippen LogP contribution in [-0.4, -0.2) is 29.2 Å². The Morgan fingerprint density at radius 1 is 1.18 bits per heavy atom. The summed E-state index contributed by atoms with van der Waals surface area (Å²) in [6.45, 7) is 5.01. The second-order valence-corrected chi connectivity index (χ2v) is 5.41. The zero-order valence-electron chi connectivity index (χ0n) is 13.3. The summed E-state index contributed by atoms with van der Waals surface area (Å²) in [5.41, 5.74) is 1.81. The second kappa shape index (κ2) is 6.94. The fourth-order valence-electron chi connectivity index (χ4n) is 2.16. The van der Waals surface area contributed by atoms with E-state index in [1.54, 1.807) is 25.0 Å². The molecule has 0 aliphatic rings. The molecule has 2 aromatic rings. The van der Waals surface area contributed by atoms with Crippen LogP contribution in [0.1, 0.15) is 26.0 Å². The number of benzene rings is 1. The van der Waals surface area contributed by atoms with Crippen molar-refractivity contribution in [2.24, 2.45) is 5.92 Å². The van der Waals surface area contributed by atoms with Crippen LogP contribution in [0.15, 0.2) is 18.2 Å². The standard InChI is InChI=1S/C16H20N4O2/c1-11(2)5-6-20-16(15(10-17)18-19-20)12-7-13(21-3)9-14(8-12)22-4/h7-9,11H,5-6H2,1-4H3. The van der Waals surface area contributed by atoms with Crippen molar-refractivity contribution in [3.05, 3.63) is 23.9 Å². The van der Waals surface area contributed by atoms with E-state index in [9.17, 15) is 5.26 Å². The molecule has 1 aromatic heterocycles. The molecule has 2 rings (SSSR count). The lowest BCUT2D eigenvalue weighted by atomic mass is 10.1. The Balaban J connectivity index is 2.50. The number of hydrogen-bond donors (Lipinski definition) is 0. The molecule has 0 aliphatic heterocycles. The third-order valence-electron chi connectivity index (χ3n) is 3.38. The van der Waals surface area contributed by atoms with Gasteiger partial charge >= 0.3 is 0 Å². The molecule has 0 bridgehead atoms. The molecule has 1 aromatic carbocycles. The summed E-state index contributed by atoms with van der Waals surface area (Å²) in [5, 5.41) is 17.4. The predicted molar refractivity (Wildman–Crippen MR) is 82.7 cm³/mol. The highest BCUT2D eigenvalue weighted by Crippen LogP contribution is 2.31. The molecule has 0 atom stereocenters. The van der Waals surface area contributed by atoms with Crippen LogP contribution in [0, 0.1) is 17.2 Å². The highest BCUT2D eigenvalue weighted by Gasteiger charge is 2.17. The molecule has 22 heavy (non-hydrogen) atoms. The quantitative estimate of drug-likeness (QED) is 0.820. The van der Waals surface area contributed by atoms with Crippen molar-refractivity contribution in [1.82, 2.24) is 15.0 Å². The van der Waals surface area contributed by atoms with Gasteiger partial charge in [0.25, 0.3) is 0 Å². The number of nitriles is 1. The molecular weight excluding hydrogens is 280 g/mol. The van der Waals surface area contributed by atoms with Gasteiger partial charge in [0, 0.05) is 18.2 Å². The van der Waals surface area contributed by atoms with E-state index in [1.165, 1.54) is 0 Å². The number of aryl methyl sites for hydroxylation is 1. The molecule has 0 unspecified atom stereocenters. The van der Waals surface area contributed by atoms with Gasteiger partial charge in [-0.1, -0.05) is 19.1 Å². The lowest BCUT2D eigenvalue weighted by Gasteiger charge is -2.11. The van der Waals surface area contributed by atoms with Crippen molar-refractivity contribution in [3.63, 3.8) is 0 Å². The molecule has 0 saturated heterocycles. The Morgan fingerprint density at radius 2 is 1.82 bits per heavy atom. The van der Waals surface area contributed by atoms with Crippen molar-refractivity contribution < 1.29 is 9.47 Å². The molecule has 6 nitrogen and oxygen atoms in total. The molecule has 0 N–H and O–H groups in total. The average Bonchev–Trinajstić information content (AvgIpc) is 2.95. The van der Waals surface area contributed by atoms with Crippen molar-refractivity contribution in [3.8, 4) is 28.8 Å². The topological polar surface area (TPSA) is 73.0 Å². The van der Waals surface area contributed by atoms with E-state index >= 15 is 0 Å². The van der Waals surface area contributed by atoms with E-state index in [0.717, 1.165) is 12.0 Å². The van der Waals surface area contributed by atoms with E-state index < -0.39 is 0 Å². The molecule has 0 amide bonds. The van der Waals surface area contributed by atoms with Crippen LogP contribution in [0.25, 0.3) is 11.3 Å². The molecular formula is C16H20N4O2. The maximum Gasteiger partial charge on any atom is 0.190 e. The smallest absolute Gasteiger partial charge is 0.190 e. The van der Waals surface area contributed by atoms with Crippen LogP contribution in [-0.2, 0) is 6.54 Å². The monoisotopic (exact) mass is 300 g/mol. The van der Waals surface area contributed by atoms with Gasteiger partial charge in [0.15, 0.2) is 5.69 Å². The summed E-state index contributed by atoms with van der Waals surface area (Å²) in [5.74, 6) is 1.87. The van der Waals surface area contributed by atoms with Gasteiger partial charge in [0.05, 0.1) is 14.2 Å². The minimum atomic E-state index is 0.305. The molecule has 0 saturated carbocycles. The normalized spacial score (nSPS) is 10.5. The van der Waals surface area contributed by atoms with Crippen molar-refractivity contribution in [2.45, 2.75) is 26.8 Å². The van der Waals surface area contributed by atoms with E-state index in [2.05, 4.69) is 30.2 Å². The Labute approximate surface area is 130 Å². The molecule has 1 heterocycles. The lowest BCUT2D eigenvalue weighted by Crippen LogP contribution is -2.06. The first-order chi connectivity index (χ1) is 10.6. The summed E-state index contributed by atoms with van der Waals surface area (Å²) in [6, 6.07) is 7.60. The Hall–Kier alpha value is -2.55. The van der Waals surface area contributed by atoms with Crippen LogP contribution >= 0.6 is 0 Å². The van der Waals surface area contributed by atoms with Crippen LogP contribution in [0.3, 0.4) is 0 Å². The van der Waals surface area contributed by atoms with Gasteiger partial charge < -0.3 is 9.47 Å². The molecule has 0 aliphatic carbocycles. The zero-order chi connectivity index (χ0) is 16.1. The minimum absolute atomic E-state index is 0.305. The summed E-state index contributed by atoms with van der Waals surface area (Å²) in [7, 11) is 3.19. The summed E-state index contributed by atoms with van der Waals surface area (Å²) in [6.07, 6.45) is 0.961. The third-order valence-corrected chi connectivity index (χ3v) is 3.38. The fraction of sp³-hybridized carbons (Fsp3) is 0.438. The first-order valence-electron chi connectivity index (χ1n) is 7.16. The maximum atomic E-state index is 9.30. The second-order valence-electron chi connectivity index (χ2n) is 5.41. The van der Waals surface area contributed by atoms with Crippen molar-refractivity contribution in [1.29, 1.82) is 5.26 Å². The van der Waals surface area contributed by atoms with Gasteiger partial charge in [0.1, 0.15) is 23.3 Å². The molecule has 0 spiro atoms. The largest absolute Gasteiger partial charge is 0.497 e. The molecule has 116 valence electrons. The maximum absolute atomic E-state index is 9.30. The minimum Gasteiger partial charge on any atom is -0.497 e. The summed E-state index contributed by atoms with van der Waals surface area (Å²) in [4.78, 5) is 0. The SMILES string of the molecule is COc1cc(OC)cc(-c2c(C#N)nnn2CCC(C)C)c1. The average molecular weight is 300 g/mol.